The van der Waals surface area contributed by atoms with Crippen LogP contribution in [0.3, 0.4) is 0 Å². The summed E-state index contributed by atoms with van der Waals surface area (Å²) in [7, 11) is 1.38. The van der Waals surface area contributed by atoms with E-state index in [1.54, 1.807) is 6.07 Å². The van der Waals surface area contributed by atoms with Gasteiger partial charge in [0.2, 0.25) is 0 Å². The predicted octanol–water partition coefficient (Wildman–Crippen LogP) is 3.31. The van der Waals surface area contributed by atoms with Crippen molar-refractivity contribution in [1.82, 2.24) is 0 Å². The van der Waals surface area contributed by atoms with Gasteiger partial charge in [0.25, 0.3) is 0 Å². The minimum absolute atomic E-state index is 0.0573. The highest BCUT2D eigenvalue weighted by Gasteiger charge is 2.26. The van der Waals surface area contributed by atoms with Gasteiger partial charge in [-0.3, -0.25) is 4.79 Å². The highest BCUT2D eigenvalue weighted by atomic mass is 16.5. The quantitative estimate of drug-likeness (QED) is 0.597. The smallest absolute Gasteiger partial charge is 0.337 e. The molecule has 1 unspecified atom stereocenters. The molecule has 0 bridgehead atoms. The van der Waals surface area contributed by atoms with Gasteiger partial charge in [0.1, 0.15) is 0 Å². The van der Waals surface area contributed by atoms with E-state index in [-0.39, 0.29) is 17.9 Å². The number of esters is 2. The molecule has 0 spiro atoms. The Hall–Kier alpha value is -1.84. The fourth-order valence-electron chi connectivity index (χ4n) is 2.84. The molecule has 1 atom stereocenters. The van der Waals surface area contributed by atoms with Crippen molar-refractivity contribution in [2.24, 2.45) is 5.92 Å². The first kappa shape index (κ1) is 16.5. The summed E-state index contributed by atoms with van der Waals surface area (Å²) in [5.74, 6) is -0.461. The summed E-state index contributed by atoms with van der Waals surface area (Å²) in [6.45, 7) is 2.65. The first-order valence-electron chi connectivity index (χ1n) is 8.02. The Kier molecular flexibility index (Phi) is 5.99. The lowest BCUT2D eigenvalue weighted by atomic mass is 9.83. The summed E-state index contributed by atoms with van der Waals surface area (Å²) in [5, 5.41) is 0. The summed E-state index contributed by atoms with van der Waals surface area (Å²) >= 11 is 0. The van der Waals surface area contributed by atoms with Gasteiger partial charge in [-0.2, -0.15) is 0 Å². The van der Waals surface area contributed by atoms with Crippen molar-refractivity contribution in [2.45, 2.75) is 45.4 Å². The molecule has 4 nitrogen and oxygen atoms in total. The zero-order chi connectivity index (χ0) is 15.9. The number of hydrogen-bond acceptors (Lipinski definition) is 4. The Morgan fingerprint density at radius 3 is 2.77 bits per heavy atom. The number of hydrogen-bond donors (Lipinski definition) is 0. The lowest BCUT2D eigenvalue weighted by molar-refractivity contribution is -0.149. The lowest BCUT2D eigenvalue weighted by Crippen LogP contribution is -2.25. The molecule has 0 saturated heterocycles. The van der Waals surface area contributed by atoms with Crippen LogP contribution in [0.4, 0.5) is 0 Å². The van der Waals surface area contributed by atoms with Gasteiger partial charge in [0.15, 0.2) is 0 Å². The fraction of sp³-hybridized carbons (Fsp3) is 0.556. The summed E-state index contributed by atoms with van der Waals surface area (Å²) in [6.07, 6.45) is 5.44. The number of benzene rings is 1. The molecular weight excluding hydrogens is 280 g/mol. The molecule has 0 amide bonds. The molecule has 0 aromatic heterocycles. The van der Waals surface area contributed by atoms with E-state index in [9.17, 15) is 9.59 Å². The number of ether oxygens (including phenoxy) is 2. The third kappa shape index (κ3) is 4.09. The van der Waals surface area contributed by atoms with Crippen LogP contribution in [0.15, 0.2) is 18.2 Å². The molecule has 0 radical (unpaired) electrons. The van der Waals surface area contributed by atoms with Gasteiger partial charge in [-0.1, -0.05) is 25.8 Å². The molecule has 4 heteroatoms. The lowest BCUT2D eigenvalue weighted by Gasteiger charge is -2.23. The maximum atomic E-state index is 12.1. The monoisotopic (exact) mass is 304 g/mol. The molecule has 120 valence electrons. The maximum absolute atomic E-state index is 12.1. The maximum Gasteiger partial charge on any atom is 0.337 e. The molecule has 2 rings (SSSR count). The molecule has 0 saturated carbocycles. The van der Waals surface area contributed by atoms with Crippen molar-refractivity contribution < 1.29 is 19.1 Å². The number of carbonyl (C=O) groups excluding carboxylic acids is 2. The summed E-state index contributed by atoms with van der Waals surface area (Å²) < 4.78 is 10.1. The molecule has 22 heavy (non-hydrogen) atoms. The molecule has 1 aromatic carbocycles. The number of aryl methyl sites for hydroxylation is 1. The van der Waals surface area contributed by atoms with Crippen LogP contribution >= 0.6 is 0 Å². The highest BCUT2D eigenvalue weighted by molar-refractivity contribution is 5.89. The Morgan fingerprint density at radius 1 is 1.23 bits per heavy atom. The van der Waals surface area contributed by atoms with Gasteiger partial charge in [0.05, 0.1) is 25.2 Å². The Balaban J connectivity index is 1.94. The molecule has 1 aliphatic carbocycles. The minimum atomic E-state index is -0.319. The van der Waals surface area contributed by atoms with Crippen LogP contribution in [0.25, 0.3) is 0 Å². The number of unbranched alkanes of at least 4 members (excludes halogenated alkanes) is 2. The van der Waals surface area contributed by atoms with Crippen LogP contribution in [0.2, 0.25) is 0 Å². The van der Waals surface area contributed by atoms with Crippen LogP contribution in [-0.2, 0) is 27.1 Å². The van der Waals surface area contributed by atoms with Crippen LogP contribution in [0.1, 0.15) is 54.1 Å². The van der Waals surface area contributed by atoms with E-state index >= 15 is 0 Å². The second-order valence-corrected chi connectivity index (χ2v) is 5.79. The highest BCUT2D eigenvalue weighted by Crippen LogP contribution is 2.27. The van der Waals surface area contributed by atoms with E-state index in [1.807, 2.05) is 12.1 Å². The first-order chi connectivity index (χ1) is 10.7. The van der Waals surface area contributed by atoms with E-state index in [0.29, 0.717) is 18.6 Å². The first-order valence-corrected chi connectivity index (χ1v) is 8.02. The molecule has 0 N–H and O–H groups in total. The normalized spacial score (nSPS) is 16.7. The van der Waals surface area contributed by atoms with E-state index in [0.717, 1.165) is 43.2 Å². The standard InChI is InChI=1S/C18H24O4/c1-3-4-5-10-22-18(20)16-9-7-13-11-15(17(19)21-2)8-6-14(13)12-16/h6,8,11,16H,3-5,7,9-10,12H2,1-2H3. The van der Waals surface area contributed by atoms with Crippen molar-refractivity contribution in [3.8, 4) is 0 Å². The van der Waals surface area contributed by atoms with E-state index < -0.39 is 0 Å². The summed E-state index contributed by atoms with van der Waals surface area (Å²) in [4.78, 5) is 23.6. The Bertz CT molecular complexity index is 536. The SMILES string of the molecule is CCCCCOC(=O)C1CCc2cc(C(=O)OC)ccc2C1. The largest absolute Gasteiger partial charge is 0.465 e. The van der Waals surface area contributed by atoms with Gasteiger partial charge in [-0.25, -0.2) is 4.79 Å². The van der Waals surface area contributed by atoms with Crippen molar-refractivity contribution in [3.05, 3.63) is 34.9 Å². The van der Waals surface area contributed by atoms with Crippen LogP contribution in [0.5, 0.6) is 0 Å². The van der Waals surface area contributed by atoms with Gasteiger partial charge in [-0.05, 0) is 48.9 Å². The second kappa shape index (κ2) is 7.97. The van der Waals surface area contributed by atoms with Gasteiger partial charge in [-0.15, -0.1) is 0 Å². The summed E-state index contributed by atoms with van der Waals surface area (Å²) in [6, 6.07) is 5.57. The topological polar surface area (TPSA) is 52.6 Å². The van der Waals surface area contributed by atoms with E-state index in [4.69, 9.17) is 9.47 Å². The number of methoxy groups -OCH3 is 1. The average molecular weight is 304 g/mol. The third-order valence-corrected chi connectivity index (χ3v) is 4.18. The Labute approximate surface area is 131 Å². The van der Waals surface area contributed by atoms with Crippen molar-refractivity contribution in [1.29, 1.82) is 0 Å². The van der Waals surface area contributed by atoms with Crippen molar-refractivity contribution in [2.75, 3.05) is 13.7 Å². The van der Waals surface area contributed by atoms with Crippen LogP contribution in [-0.4, -0.2) is 25.7 Å². The van der Waals surface area contributed by atoms with E-state index in [1.165, 1.54) is 7.11 Å². The van der Waals surface area contributed by atoms with Gasteiger partial charge in [0, 0.05) is 0 Å². The minimum Gasteiger partial charge on any atom is -0.465 e. The van der Waals surface area contributed by atoms with Gasteiger partial charge < -0.3 is 9.47 Å². The molecule has 1 aromatic rings. The van der Waals surface area contributed by atoms with E-state index in [2.05, 4.69) is 6.92 Å². The number of fused-ring (bicyclic) bond motifs is 1. The molecular formula is C18H24O4. The second-order valence-electron chi connectivity index (χ2n) is 5.79. The van der Waals surface area contributed by atoms with Crippen molar-refractivity contribution in [3.63, 3.8) is 0 Å². The van der Waals surface area contributed by atoms with Gasteiger partial charge >= 0.3 is 11.9 Å². The molecule has 1 aliphatic rings. The predicted molar refractivity (Wildman–Crippen MR) is 83.8 cm³/mol. The van der Waals surface area contributed by atoms with Crippen LogP contribution < -0.4 is 0 Å². The molecule has 0 fully saturated rings. The number of carbonyl (C=O) groups is 2. The zero-order valence-electron chi connectivity index (χ0n) is 13.4. The zero-order valence-corrected chi connectivity index (χ0v) is 13.4. The fourth-order valence-corrected chi connectivity index (χ4v) is 2.84. The average Bonchev–Trinajstić information content (AvgIpc) is 2.56. The number of rotatable bonds is 6. The molecule has 0 heterocycles. The third-order valence-electron chi connectivity index (χ3n) is 4.18. The Morgan fingerprint density at radius 2 is 2.05 bits per heavy atom. The van der Waals surface area contributed by atoms with Crippen molar-refractivity contribution >= 4 is 11.9 Å². The summed E-state index contributed by atoms with van der Waals surface area (Å²) in [5.41, 5.74) is 2.84. The molecule has 0 aliphatic heterocycles. The van der Waals surface area contributed by atoms with Crippen LogP contribution in [0, 0.1) is 5.92 Å².